The van der Waals surface area contributed by atoms with Crippen molar-refractivity contribution >= 4 is 57.5 Å². The molecule has 3 amide bonds. The summed E-state index contributed by atoms with van der Waals surface area (Å²) in [5.74, 6) is 0.336. The lowest BCUT2D eigenvalue weighted by Gasteiger charge is -2.37. The van der Waals surface area contributed by atoms with Crippen molar-refractivity contribution in [1.29, 1.82) is 0 Å². The van der Waals surface area contributed by atoms with Gasteiger partial charge < -0.3 is 15.1 Å². The second-order valence-corrected chi connectivity index (χ2v) is 12.0. The molecular weight excluding hydrogens is 560 g/mol. The van der Waals surface area contributed by atoms with Gasteiger partial charge in [0.1, 0.15) is 11.9 Å². The number of rotatable bonds is 7. The van der Waals surface area contributed by atoms with Gasteiger partial charge in [-0.3, -0.25) is 19.3 Å². The number of carbonyl (C=O) groups is 3. The topological polar surface area (TPSA) is 97.7 Å². The summed E-state index contributed by atoms with van der Waals surface area (Å²) in [6.45, 7) is 6.87. The number of fused-ring (bicyclic) bond motifs is 3. The van der Waals surface area contributed by atoms with E-state index in [9.17, 15) is 14.4 Å². The van der Waals surface area contributed by atoms with Crippen LogP contribution in [-0.4, -0.2) is 76.5 Å². The Morgan fingerprint density at radius 2 is 1.60 bits per heavy atom. The van der Waals surface area contributed by atoms with Gasteiger partial charge in [0.05, 0.1) is 17.9 Å². The first-order valence-corrected chi connectivity index (χ1v) is 15.6. The molecule has 3 aromatic carbocycles. The Bertz CT molecular complexity index is 1580. The highest BCUT2D eigenvalue weighted by molar-refractivity contribution is 8.14. The van der Waals surface area contributed by atoms with Gasteiger partial charge in [-0.05, 0) is 47.9 Å². The van der Waals surface area contributed by atoms with Crippen LogP contribution in [0, 0.1) is 0 Å². The van der Waals surface area contributed by atoms with E-state index in [4.69, 9.17) is 4.99 Å². The predicted octanol–water partition coefficient (Wildman–Crippen LogP) is 4.88. The van der Waals surface area contributed by atoms with Gasteiger partial charge in [-0.15, -0.1) is 0 Å². The zero-order chi connectivity index (χ0) is 29.9. The molecule has 43 heavy (non-hydrogen) atoms. The molecular formula is C33H34N6O3S. The number of aliphatic imine (C=N–C) groups is 2. The minimum atomic E-state index is -0.805. The van der Waals surface area contributed by atoms with Gasteiger partial charge in [-0.2, -0.15) is 4.99 Å². The number of amides is 3. The second-order valence-electron chi connectivity index (χ2n) is 11.1. The Kier molecular flexibility index (Phi) is 8.29. The summed E-state index contributed by atoms with van der Waals surface area (Å²) >= 11 is 1.24. The third kappa shape index (κ3) is 6.19. The third-order valence-corrected chi connectivity index (χ3v) is 8.88. The molecule has 1 atom stereocenters. The maximum Gasteiger partial charge on any atom is 0.271 e. The number of carbonyl (C=O) groups excluding carboxylic acids is 3. The fraction of sp³-hybridized carbons (Fsp3) is 0.303. The van der Waals surface area contributed by atoms with E-state index in [1.165, 1.54) is 17.3 Å². The van der Waals surface area contributed by atoms with Crippen LogP contribution in [-0.2, 0) is 14.4 Å². The highest BCUT2D eigenvalue weighted by Crippen LogP contribution is 2.35. The Balaban J connectivity index is 1.14. The number of thioether (sulfide) groups is 1. The number of nitrogens with zero attached hydrogens (tertiary/aromatic N) is 5. The van der Waals surface area contributed by atoms with Gasteiger partial charge in [-0.1, -0.05) is 68.1 Å². The number of benzene rings is 3. The zero-order valence-electron chi connectivity index (χ0n) is 24.3. The molecule has 1 unspecified atom stereocenters. The summed E-state index contributed by atoms with van der Waals surface area (Å²) in [7, 11) is 0. The molecule has 10 heteroatoms. The first kappa shape index (κ1) is 28.7. The molecule has 1 fully saturated rings. The molecule has 1 saturated heterocycles. The first-order chi connectivity index (χ1) is 20.9. The number of hydrogen-bond donors (Lipinski definition) is 1. The first-order valence-electron chi connectivity index (χ1n) is 14.6. The third-order valence-electron chi connectivity index (χ3n) is 7.92. The molecule has 0 saturated carbocycles. The van der Waals surface area contributed by atoms with Crippen molar-refractivity contribution in [2.45, 2.75) is 32.2 Å². The van der Waals surface area contributed by atoms with Gasteiger partial charge in [-0.25, -0.2) is 4.99 Å². The largest absolute Gasteiger partial charge is 0.368 e. The highest BCUT2D eigenvalue weighted by atomic mass is 32.2. The van der Waals surface area contributed by atoms with Crippen molar-refractivity contribution in [1.82, 2.24) is 9.80 Å². The number of amidine groups is 2. The maximum absolute atomic E-state index is 13.5. The van der Waals surface area contributed by atoms with E-state index in [0.717, 1.165) is 30.0 Å². The SMILES string of the molecule is CC(C)c1ccc(NC(=O)CSC2=Nc3ccccc3C3=NC(=O)C(CC(=O)N4CCN(c5ccccc5)CC4)N23)cc1. The molecule has 0 spiro atoms. The lowest BCUT2D eigenvalue weighted by molar-refractivity contribution is -0.134. The van der Waals surface area contributed by atoms with Crippen molar-refractivity contribution < 1.29 is 14.4 Å². The smallest absolute Gasteiger partial charge is 0.271 e. The molecule has 0 aromatic heterocycles. The van der Waals surface area contributed by atoms with Crippen molar-refractivity contribution in [2.75, 3.05) is 42.1 Å². The summed E-state index contributed by atoms with van der Waals surface area (Å²) in [5, 5.41) is 3.43. The molecule has 0 bridgehead atoms. The van der Waals surface area contributed by atoms with Crippen molar-refractivity contribution in [3.05, 3.63) is 90.0 Å². The number of anilines is 2. The van der Waals surface area contributed by atoms with E-state index in [0.29, 0.717) is 35.7 Å². The van der Waals surface area contributed by atoms with E-state index in [2.05, 4.69) is 41.2 Å². The lowest BCUT2D eigenvalue weighted by atomic mass is 10.0. The van der Waals surface area contributed by atoms with E-state index in [-0.39, 0.29) is 29.9 Å². The minimum absolute atomic E-state index is 0.00663. The van der Waals surface area contributed by atoms with E-state index >= 15 is 0 Å². The molecule has 3 heterocycles. The average Bonchev–Trinajstić information content (AvgIpc) is 3.36. The van der Waals surface area contributed by atoms with Crippen molar-refractivity contribution in [3.63, 3.8) is 0 Å². The van der Waals surface area contributed by atoms with Crippen LogP contribution >= 0.6 is 11.8 Å². The number of piperazine rings is 1. The van der Waals surface area contributed by atoms with Crippen molar-refractivity contribution in [2.24, 2.45) is 9.98 Å². The van der Waals surface area contributed by atoms with E-state index in [1.807, 2.05) is 71.6 Å². The van der Waals surface area contributed by atoms with Gasteiger partial charge in [0.2, 0.25) is 11.8 Å². The number of para-hydroxylation sites is 2. The zero-order valence-corrected chi connectivity index (χ0v) is 25.1. The predicted molar refractivity (Wildman–Crippen MR) is 172 cm³/mol. The molecule has 3 aliphatic heterocycles. The summed E-state index contributed by atoms with van der Waals surface area (Å²) in [5.41, 5.74) is 4.48. The molecule has 6 rings (SSSR count). The van der Waals surface area contributed by atoms with Crippen LogP contribution in [0.25, 0.3) is 0 Å². The molecule has 1 N–H and O–H groups in total. The molecule has 3 aliphatic rings. The molecule has 3 aromatic rings. The van der Waals surface area contributed by atoms with Crippen molar-refractivity contribution in [3.8, 4) is 0 Å². The fourth-order valence-electron chi connectivity index (χ4n) is 5.53. The normalized spacial score (nSPS) is 17.8. The Labute approximate surface area is 255 Å². The van der Waals surface area contributed by atoms with Crippen LogP contribution in [0.3, 0.4) is 0 Å². The van der Waals surface area contributed by atoms with Crippen LogP contribution in [0.1, 0.15) is 37.3 Å². The average molecular weight is 595 g/mol. The summed E-state index contributed by atoms with van der Waals surface area (Å²) in [6, 6.07) is 24.7. The van der Waals surface area contributed by atoms with Gasteiger partial charge >= 0.3 is 0 Å². The second kappa shape index (κ2) is 12.4. The van der Waals surface area contributed by atoms with Crippen LogP contribution in [0.15, 0.2) is 88.8 Å². The maximum atomic E-state index is 13.5. The number of hydrogen-bond acceptors (Lipinski definition) is 7. The van der Waals surface area contributed by atoms with Gasteiger partial charge in [0.15, 0.2) is 5.17 Å². The van der Waals surface area contributed by atoms with Crippen LogP contribution in [0.2, 0.25) is 0 Å². The van der Waals surface area contributed by atoms with E-state index in [1.54, 1.807) is 4.90 Å². The van der Waals surface area contributed by atoms with Gasteiger partial charge in [0.25, 0.3) is 5.91 Å². The van der Waals surface area contributed by atoms with Crippen LogP contribution < -0.4 is 10.2 Å². The molecule has 0 radical (unpaired) electrons. The van der Waals surface area contributed by atoms with E-state index < -0.39 is 6.04 Å². The monoisotopic (exact) mass is 594 g/mol. The molecule has 0 aliphatic carbocycles. The van der Waals surface area contributed by atoms with Gasteiger partial charge in [0, 0.05) is 43.1 Å². The summed E-state index contributed by atoms with van der Waals surface area (Å²) in [4.78, 5) is 54.7. The summed E-state index contributed by atoms with van der Waals surface area (Å²) in [6.07, 6.45) is -0.00663. The quantitative estimate of drug-likeness (QED) is 0.419. The fourth-order valence-corrected chi connectivity index (χ4v) is 6.38. The number of nitrogens with one attached hydrogen (secondary N) is 1. The molecule has 9 nitrogen and oxygen atoms in total. The Hall–Kier alpha value is -4.44. The molecule has 220 valence electrons. The minimum Gasteiger partial charge on any atom is -0.368 e. The standard InChI is InChI=1S/C33H34N6O3S/c1-22(2)23-12-14-24(15-13-23)34-29(40)21-43-33-35-27-11-7-6-10-26(27)31-36-32(42)28(39(31)33)20-30(41)38-18-16-37(17-19-38)25-8-4-3-5-9-25/h3-15,22,28H,16-21H2,1-2H3,(H,34,40). The Morgan fingerprint density at radius 1 is 0.907 bits per heavy atom. The summed E-state index contributed by atoms with van der Waals surface area (Å²) < 4.78 is 0. The Morgan fingerprint density at radius 3 is 2.33 bits per heavy atom. The van der Waals surface area contributed by atoms with Crippen LogP contribution in [0.5, 0.6) is 0 Å². The van der Waals surface area contributed by atoms with Crippen LogP contribution in [0.4, 0.5) is 17.1 Å². The highest BCUT2D eigenvalue weighted by Gasteiger charge is 2.43. The lowest BCUT2D eigenvalue weighted by Crippen LogP contribution is -2.51.